The zero-order valence-electron chi connectivity index (χ0n) is 11.9. The predicted molar refractivity (Wildman–Crippen MR) is 81.1 cm³/mol. The van der Waals surface area contributed by atoms with Gasteiger partial charge in [0.25, 0.3) is 11.5 Å². The van der Waals surface area contributed by atoms with E-state index in [0.29, 0.717) is 17.4 Å². The van der Waals surface area contributed by atoms with Crippen molar-refractivity contribution in [1.29, 1.82) is 0 Å². The molecule has 6 nitrogen and oxygen atoms in total. The number of nitrogens with one attached hydrogen (secondary N) is 1. The first-order valence-electron chi connectivity index (χ1n) is 6.97. The van der Waals surface area contributed by atoms with Crippen molar-refractivity contribution < 1.29 is 9.90 Å². The van der Waals surface area contributed by atoms with Gasteiger partial charge in [0.2, 0.25) is 0 Å². The van der Waals surface area contributed by atoms with Gasteiger partial charge in [-0.3, -0.25) is 15.0 Å². The zero-order chi connectivity index (χ0) is 15.4. The van der Waals surface area contributed by atoms with E-state index in [4.69, 9.17) is 5.84 Å². The molecule has 0 aliphatic carbocycles. The molecule has 1 aromatic heterocycles. The van der Waals surface area contributed by atoms with E-state index in [9.17, 15) is 14.7 Å². The highest BCUT2D eigenvalue weighted by atomic mass is 16.3. The molecule has 1 amide bonds. The van der Waals surface area contributed by atoms with Crippen LogP contribution in [0.5, 0.6) is 5.75 Å². The number of hydrogen-bond acceptors (Lipinski definition) is 4. The summed E-state index contributed by atoms with van der Waals surface area (Å²) < 4.78 is 1.52. The number of amides is 1. The standard InChI is InChI=1S/C15H19N3O3/c1-2-3-6-9-18-11-8-5-4-7-10(11)13(19)12(15(18)21)14(20)17-16/h4-5,7-8,19H,2-3,6,9,16H2,1H3,(H,17,20). The molecule has 2 aromatic rings. The smallest absolute Gasteiger partial charge is 0.274 e. The molecule has 0 saturated carbocycles. The summed E-state index contributed by atoms with van der Waals surface area (Å²) in [6, 6.07) is 6.97. The van der Waals surface area contributed by atoms with Crippen LogP contribution < -0.4 is 16.8 Å². The van der Waals surface area contributed by atoms with Gasteiger partial charge in [-0.2, -0.15) is 0 Å². The number of benzene rings is 1. The summed E-state index contributed by atoms with van der Waals surface area (Å²) in [5.74, 6) is 3.99. The minimum Gasteiger partial charge on any atom is -0.506 e. The second-order valence-corrected chi connectivity index (χ2v) is 4.88. The highest BCUT2D eigenvalue weighted by Crippen LogP contribution is 2.26. The summed E-state index contributed by atoms with van der Waals surface area (Å²) >= 11 is 0. The van der Waals surface area contributed by atoms with Gasteiger partial charge in [0.15, 0.2) is 0 Å². The number of nitrogen functional groups attached to an aromatic ring is 1. The quantitative estimate of drug-likeness (QED) is 0.336. The van der Waals surface area contributed by atoms with Crippen LogP contribution in [0.3, 0.4) is 0 Å². The summed E-state index contributed by atoms with van der Waals surface area (Å²) in [6.45, 7) is 2.57. The maximum Gasteiger partial charge on any atom is 0.274 e. The Morgan fingerprint density at radius 1 is 1.33 bits per heavy atom. The summed E-state index contributed by atoms with van der Waals surface area (Å²) in [5.41, 5.74) is 1.69. The molecule has 0 unspecified atom stereocenters. The van der Waals surface area contributed by atoms with Gasteiger partial charge in [0, 0.05) is 11.9 Å². The summed E-state index contributed by atoms with van der Waals surface area (Å²) in [7, 11) is 0. The monoisotopic (exact) mass is 289 g/mol. The Morgan fingerprint density at radius 3 is 2.71 bits per heavy atom. The van der Waals surface area contributed by atoms with E-state index in [2.05, 4.69) is 6.92 Å². The molecule has 1 heterocycles. The van der Waals surface area contributed by atoms with Crippen LogP contribution in [0.15, 0.2) is 29.1 Å². The molecule has 0 fully saturated rings. The lowest BCUT2D eigenvalue weighted by molar-refractivity contribution is 0.0949. The van der Waals surface area contributed by atoms with Crippen LogP contribution in [0.4, 0.5) is 0 Å². The number of nitrogens with zero attached hydrogens (tertiary/aromatic N) is 1. The van der Waals surface area contributed by atoms with Crippen molar-refractivity contribution in [2.75, 3.05) is 0 Å². The average molecular weight is 289 g/mol. The van der Waals surface area contributed by atoms with Crippen molar-refractivity contribution in [2.45, 2.75) is 32.7 Å². The van der Waals surface area contributed by atoms with Crippen LogP contribution in [0.1, 0.15) is 36.5 Å². The van der Waals surface area contributed by atoms with Gasteiger partial charge in [-0.05, 0) is 18.6 Å². The molecule has 0 aliphatic rings. The molecule has 0 saturated heterocycles. The fourth-order valence-electron chi connectivity index (χ4n) is 2.41. The summed E-state index contributed by atoms with van der Waals surface area (Å²) in [6.07, 6.45) is 2.84. The predicted octanol–water partition coefficient (Wildman–Crippen LogP) is 1.50. The van der Waals surface area contributed by atoms with Crippen molar-refractivity contribution in [1.82, 2.24) is 9.99 Å². The minimum absolute atomic E-state index is 0.312. The number of pyridine rings is 1. The molecule has 0 spiro atoms. The normalized spacial score (nSPS) is 10.8. The second kappa shape index (κ2) is 6.41. The van der Waals surface area contributed by atoms with E-state index >= 15 is 0 Å². The number of aromatic nitrogens is 1. The van der Waals surface area contributed by atoms with Gasteiger partial charge in [0.1, 0.15) is 11.3 Å². The number of rotatable bonds is 5. The van der Waals surface area contributed by atoms with E-state index < -0.39 is 11.5 Å². The number of aromatic hydroxyl groups is 1. The van der Waals surface area contributed by atoms with Crippen molar-refractivity contribution in [3.63, 3.8) is 0 Å². The van der Waals surface area contributed by atoms with E-state index in [0.717, 1.165) is 19.3 Å². The lowest BCUT2D eigenvalue weighted by atomic mass is 10.1. The molecule has 112 valence electrons. The first-order chi connectivity index (χ1) is 10.1. The van der Waals surface area contributed by atoms with Crippen LogP contribution in [-0.4, -0.2) is 15.6 Å². The molecular formula is C15H19N3O3. The van der Waals surface area contributed by atoms with Crippen LogP contribution in [0.2, 0.25) is 0 Å². The number of carbonyl (C=O) groups is 1. The van der Waals surface area contributed by atoms with Gasteiger partial charge in [-0.15, -0.1) is 0 Å². The third-order valence-corrected chi connectivity index (χ3v) is 3.49. The topological polar surface area (TPSA) is 97.4 Å². The Hall–Kier alpha value is -2.34. The highest BCUT2D eigenvalue weighted by Gasteiger charge is 2.21. The Morgan fingerprint density at radius 2 is 2.05 bits per heavy atom. The van der Waals surface area contributed by atoms with E-state index in [-0.39, 0.29) is 11.3 Å². The van der Waals surface area contributed by atoms with Gasteiger partial charge in [-0.1, -0.05) is 31.9 Å². The Labute approximate surface area is 122 Å². The molecule has 1 aromatic carbocycles. The van der Waals surface area contributed by atoms with Gasteiger partial charge in [-0.25, -0.2) is 5.84 Å². The van der Waals surface area contributed by atoms with Crippen molar-refractivity contribution in [3.8, 4) is 5.75 Å². The lowest BCUT2D eigenvalue weighted by Crippen LogP contribution is -2.37. The molecule has 0 bridgehead atoms. The first kappa shape index (κ1) is 15.1. The Bertz CT molecular complexity index is 722. The number of carbonyl (C=O) groups excluding carboxylic acids is 1. The van der Waals surface area contributed by atoms with Crippen LogP contribution in [0, 0.1) is 0 Å². The Balaban J connectivity index is 2.69. The maximum atomic E-state index is 12.5. The van der Waals surface area contributed by atoms with Crippen molar-refractivity contribution >= 4 is 16.8 Å². The molecular weight excluding hydrogens is 270 g/mol. The fourth-order valence-corrected chi connectivity index (χ4v) is 2.41. The van der Waals surface area contributed by atoms with Gasteiger partial charge >= 0.3 is 0 Å². The van der Waals surface area contributed by atoms with E-state index in [1.807, 2.05) is 5.43 Å². The summed E-state index contributed by atoms with van der Waals surface area (Å²) in [5, 5.41) is 10.7. The van der Waals surface area contributed by atoms with E-state index in [1.165, 1.54) is 4.57 Å². The van der Waals surface area contributed by atoms with Crippen molar-refractivity contribution in [2.24, 2.45) is 5.84 Å². The largest absolute Gasteiger partial charge is 0.506 e. The molecule has 0 aliphatic heterocycles. The fraction of sp³-hybridized carbons (Fsp3) is 0.333. The number of hydrogen-bond donors (Lipinski definition) is 3. The third kappa shape index (κ3) is 2.75. The number of para-hydroxylation sites is 1. The Kier molecular flexibility index (Phi) is 4.59. The van der Waals surface area contributed by atoms with Crippen LogP contribution in [0.25, 0.3) is 10.9 Å². The van der Waals surface area contributed by atoms with Gasteiger partial charge < -0.3 is 9.67 Å². The van der Waals surface area contributed by atoms with Crippen molar-refractivity contribution in [3.05, 3.63) is 40.2 Å². The number of nitrogens with two attached hydrogens (primary N) is 1. The third-order valence-electron chi connectivity index (χ3n) is 3.49. The number of aryl methyl sites for hydroxylation is 1. The summed E-state index contributed by atoms with van der Waals surface area (Å²) in [4.78, 5) is 24.3. The second-order valence-electron chi connectivity index (χ2n) is 4.88. The molecule has 0 radical (unpaired) electrons. The SMILES string of the molecule is CCCCCn1c(=O)c(C(=O)NN)c(O)c2ccccc21. The van der Waals surface area contributed by atoms with E-state index in [1.54, 1.807) is 24.3 Å². The molecule has 2 rings (SSSR count). The molecule has 21 heavy (non-hydrogen) atoms. The highest BCUT2D eigenvalue weighted by molar-refractivity contribution is 6.02. The van der Waals surface area contributed by atoms with Gasteiger partial charge in [0.05, 0.1) is 5.52 Å². The first-order valence-corrected chi connectivity index (χ1v) is 6.97. The number of hydrazine groups is 1. The van der Waals surface area contributed by atoms with Crippen LogP contribution >= 0.6 is 0 Å². The minimum atomic E-state index is -0.785. The molecule has 6 heteroatoms. The van der Waals surface area contributed by atoms with Crippen LogP contribution in [-0.2, 0) is 6.54 Å². The number of fused-ring (bicyclic) bond motifs is 1. The average Bonchev–Trinajstić information content (AvgIpc) is 2.50. The maximum absolute atomic E-state index is 12.5. The molecule has 4 N–H and O–H groups in total. The number of unbranched alkanes of at least 4 members (excludes halogenated alkanes) is 2. The molecule has 0 atom stereocenters. The zero-order valence-corrected chi connectivity index (χ0v) is 11.9. The lowest BCUT2D eigenvalue weighted by Gasteiger charge is -2.14.